The maximum absolute atomic E-state index is 7.62. The van der Waals surface area contributed by atoms with Crippen molar-refractivity contribution in [1.82, 2.24) is 0 Å². The molecular weight excluding hydrogens is 719 g/mol. The summed E-state index contributed by atoms with van der Waals surface area (Å²) in [6.45, 7) is 40.2. The maximum atomic E-state index is 7.62. The van der Waals surface area contributed by atoms with E-state index < -0.39 is 9.52 Å². The van der Waals surface area contributed by atoms with Gasteiger partial charge in [-0.15, -0.1) is 0 Å². The number of fused-ring (bicyclic) bond motifs is 6. The van der Waals surface area contributed by atoms with Gasteiger partial charge in [0.25, 0.3) is 6.71 Å². The van der Waals surface area contributed by atoms with Crippen LogP contribution in [0, 0.1) is 0 Å². The number of nitrogens with zero attached hydrogens (tertiary/aromatic N) is 2. The lowest BCUT2D eigenvalue weighted by atomic mass is 9.35. The van der Waals surface area contributed by atoms with Crippen LogP contribution in [0.15, 0.2) is 77.2 Å². The molecule has 3 nitrogen and oxygen atoms in total. The highest BCUT2D eigenvalue weighted by atomic mass is 28.2. The second-order valence-corrected chi connectivity index (χ2v) is 24.9. The number of hydrogen-bond acceptors (Lipinski definition) is 3. The zero-order valence-corrected chi connectivity index (χ0v) is 40.3. The lowest BCUT2D eigenvalue weighted by molar-refractivity contribution is 0.282. The van der Waals surface area contributed by atoms with Gasteiger partial charge in [-0.1, -0.05) is 159 Å². The molecule has 5 aromatic rings. The SMILES string of the molecule is C[SiH2]c1cc2c3c(c1)N(c1ccc(C(C)(C)C)cc1)c1c(oc4c1C(C)(C)CCC4(C)C)B3c1cc(C(C)(C)C)ccc1N2c1ccc(C(C)(C)C)cc1C(C)(C)C. The average molecular weight is 789 g/mol. The second-order valence-electron chi connectivity index (χ2n) is 23.3. The third-order valence-corrected chi connectivity index (χ3v) is 15.0. The topological polar surface area (TPSA) is 19.6 Å². The quantitative estimate of drug-likeness (QED) is 0.166. The fraction of sp³-hybridized carbons (Fsp3) is 0.472. The molecule has 0 bridgehead atoms. The first-order chi connectivity index (χ1) is 26.7. The van der Waals surface area contributed by atoms with Crippen LogP contribution in [0.5, 0.6) is 0 Å². The van der Waals surface area contributed by atoms with Gasteiger partial charge in [0.1, 0.15) is 5.76 Å². The van der Waals surface area contributed by atoms with Crippen LogP contribution in [0.1, 0.15) is 157 Å². The van der Waals surface area contributed by atoms with E-state index in [0.717, 1.165) is 18.5 Å². The molecule has 1 aliphatic carbocycles. The summed E-state index contributed by atoms with van der Waals surface area (Å²) in [5.74, 6) is 1.17. The molecule has 0 radical (unpaired) electrons. The first kappa shape index (κ1) is 40.8. The normalized spacial score (nSPS) is 17.4. The van der Waals surface area contributed by atoms with Crippen LogP contribution in [-0.2, 0) is 32.5 Å². The Morgan fingerprint density at radius 1 is 0.569 bits per heavy atom. The van der Waals surface area contributed by atoms with Gasteiger partial charge >= 0.3 is 0 Å². The lowest BCUT2D eigenvalue weighted by Crippen LogP contribution is -2.61. The van der Waals surface area contributed by atoms with E-state index in [-0.39, 0.29) is 39.2 Å². The molecule has 58 heavy (non-hydrogen) atoms. The zero-order valence-electron chi connectivity index (χ0n) is 38.9. The van der Waals surface area contributed by atoms with E-state index in [9.17, 15) is 0 Å². The van der Waals surface area contributed by atoms with Gasteiger partial charge in [0.05, 0.1) is 20.9 Å². The Bertz CT molecular complexity index is 2440. The Labute approximate surface area is 353 Å². The van der Waals surface area contributed by atoms with Gasteiger partial charge in [-0.2, -0.15) is 0 Å². The van der Waals surface area contributed by atoms with E-state index in [1.54, 1.807) is 0 Å². The van der Waals surface area contributed by atoms with Gasteiger partial charge in [-0.25, -0.2) is 0 Å². The highest BCUT2D eigenvalue weighted by Gasteiger charge is 2.52. The number of rotatable bonds is 3. The van der Waals surface area contributed by atoms with Gasteiger partial charge in [0, 0.05) is 39.4 Å². The smallest absolute Gasteiger partial charge is 0.297 e. The van der Waals surface area contributed by atoms with Crippen molar-refractivity contribution in [2.24, 2.45) is 0 Å². The molecule has 1 aromatic heterocycles. The van der Waals surface area contributed by atoms with Crippen molar-refractivity contribution in [3.05, 3.63) is 106 Å². The molecule has 0 N–H and O–H groups in total. The second kappa shape index (κ2) is 13.0. The van der Waals surface area contributed by atoms with Crippen molar-refractivity contribution >= 4 is 72.1 Å². The highest BCUT2D eigenvalue weighted by Crippen LogP contribution is 2.55. The largest absolute Gasteiger partial charge is 0.472 e. The van der Waals surface area contributed by atoms with E-state index in [0.29, 0.717) is 0 Å². The van der Waals surface area contributed by atoms with Gasteiger partial charge in [-0.05, 0) is 109 Å². The number of anilines is 6. The first-order valence-electron chi connectivity index (χ1n) is 22.1. The Kier molecular flexibility index (Phi) is 9.16. The van der Waals surface area contributed by atoms with Crippen molar-refractivity contribution < 1.29 is 4.42 Å². The summed E-state index contributed by atoms with van der Waals surface area (Å²) in [6.07, 6.45) is 2.23. The van der Waals surface area contributed by atoms with Crippen molar-refractivity contribution in [3.63, 3.8) is 0 Å². The monoisotopic (exact) mass is 789 g/mol. The summed E-state index contributed by atoms with van der Waals surface area (Å²) in [5.41, 5.74) is 18.2. The molecule has 0 fully saturated rings. The lowest BCUT2D eigenvalue weighted by Gasteiger charge is -2.45. The summed E-state index contributed by atoms with van der Waals surface area (Å²) in [5, 5.41) is 1.48. The minimum absolute atomic E-state index is 0.0176. The first-order valence-corrected chi connectivity index (χ1v) is 24.2. The molecule has 3 heterocycles. The summed E-state index contributed by atoms with van der Waals surface area (Å²) < 4.78 is 7.62. The molecule has 5 heteroatoms. The predicted octanol–water partition coefficient (Wildman–Crippen LogP) is 11.7. The predicted molar refractivity (Wildman–Crippen MR) is 257 cm³/mol. The van der Waals surface area contributed by atoms with Crippen LogP contribution in [0.3, 0.4) is 0 Å². The van der Waals surface area contributed by atoms with Crippen LogP contribution in [0.4, 0.5) is 34.1 Å². The third-order valence-electron chi connectivity index (χ3n) is 13.8. The van der Waals surface area contributed by atoms with E-state index in [1.165, 1.54) is 83.8 Å². The Morgan fingerprint density at radius 2 is 1.09 bits per heavy atom. The summed E-state index contributed by atoms with van der Waals surface area (Å²) >= 11 is 0. The standard InChI is InChI=1S/C53H69BN2OSi/c1-48(2,3)32-18-22-35(23-19-32)55-41-30-36(58-17)31-42-44(41)54(47-45(55)43-46(57-47)53(15,16)27-26-52(43,13)14)38-29-34(50(7,8)9)21-25-40(38)56(42)39-24-20-33(49(4,5)6)28-37(39)51(10,11)12/h18-25,28-31H,26-27,58H2,1-17H3. The molecular formula is C53H69BN2OSi. The molecule has 3 aliphatic rings. The number of furan rings is 1. The molecule has 0 atom stereocenters. The Hall–Kier alpha value is -3.96. The summed E-state index contributed by atoms with van der Waals surface area (Å²) in [6, 6.07) is 29.3. The zero-order chi connectivity index (χ0) is 42.3. The molecule has 304 valence electrons. The molecule has 0 unspecified atom stereocenters. The van der Waals surface area contributed by atoms with E-state index in [2.05, 4.69) is 200 Å². The number of hydrogen-bond donors (Lipinski definition) is 0. The molecule has 8 rings (SSSR count). The maximum Gasteiger partial charge on any atom is 0.297 e. The fourth-order valence-electron chi connectivity index (χ4n) is 9.95. The average Bonchev–Trinajstić information content (AvgIpc) is 3.54. The minimum atomic E-state index is -0.551. The van der Waals surface area contributed by atoms with Crippen LogP contribution in [0.25, 0.3) is 0 Å². The minimum Gasteiger partial charge on any atom is -0.472 e. The van der Waals surface area contributed by atoms with Gasteiger partial charge in [-0.3, -0.25) is 0 Å². The molecule has 0 saturated heterocycles. The molecule has 0 amide bonds. The third kappa shape index (κ3) is 6.44. The van der Waals surface area contributed by atoms with E-state index in [4.69, 9.17) is 4.42 Å². The molecule has 2 aliphatic heterocycles. The van der Waals surface area contributed by atoms with Crippen LogP contribution in [-0.4, -0.2) is 16.2 Å². The van der Waals surface area contributed by atoms with Gasteiger partial charge < -0.3 is 14.2 Å². The Balaban J connectivity index is 1.54. The van der Waals surface area contributed by atoms with E-state index in [1.807, 2.05) is 0 Å². The van der Waals surface area contributed by atoms with Crippen LogP contribution >= 0.6 is 0 Å². The van der Waals surface area contributed by atoms with Crippen LogP contribution < -0.4 is 31.6 Å². The van der Waals surface area contributed by atoms with Gasteiger partial charge in [0.2, 0.25) is 0 Å². The Morgan fingerprint density at radius 3 is 1.64 bits per heavy atom. The number of benzene rings is 4. The van der Waals surface area contributed by atoms with Crippen molar-refractivity contribution in [2.45, 2.75) is 163 Å². The molecule has 0 spiro atoms. The van der Waals surface area contributed by atoms with Crippen molar-refractivity contribution in [1.29, 1.82) is 0 Å². The summed E-state index contributed by atoms with van der Waals surface area (Å²) in [4.78, 5) is 5.29. The fourth-order valence-corrected chi connectivity index (χ4v) is 10.7. The summed E-state index contributed by atoms with van der Waals surface area (Å²) in [7, 11) is -0.551. The molecule has 0 saturated carbocycles. The van der Waals surface area contributed by atoms with Gasteiger partial charge in [0.15, 0.2) is 0 Å². The van der Waals surface area contributed by atoms with E-state index >= 15 is 0 Å². The van der Waals surface area contributed by atoms with Crippen molar-refractivity contribution in [2.75, 3.05) is 9.80 Å². The van der Waals surface area contributed by atoms with Crippen molar-refractivity contribution in [3.8, 4) is 0 Å². The van der Waals surface area contributed by atoms with Crippen LogP contribution in [0.2, 0.25) is 6.55 Å². The molecule has 4 aromatic carbocycles. The highest BCUT2D eigenvalue weighted by molar-refractivity contribution is 6.99.